The van der Waals surface area contributed by atoms with Crippen molar-refractivity contribution in [1.82, 2.24) is 5.32 Å². The second kappa shape index (κ2) is 6.29. The summed E-state index contributed by atoms with van der Waals surface area (Å²) in [5.41, 5.74) is 0.0607. The van der Waals surface area contributed by atoms with E-state index in [1.54, 1.807) is 0 Å². The molecular formula is C15H23NO4. The fourth-order valence-electron chi connectivity index (χ4n) is 2.95. The summed E-state index contributed by atoms with van der Waals surface area (Å²) in [7, 11) is 0. The Balaban J connectivity index is 1.79. The molecule has 0 aromatic rings. The third-order valence-corrected chi connectivity index (χ3v) is 4.45. The lowest BCUT2D eigenvalue weighted by atomic mass is 9.98. The molecule has 1 amide bonds. The molecule has 0 radical (unpaired) electrons. The molecule has 5 heteroatoms. The first-order valence-corrected chi connectivity index (χ1v) is 7.33. The average molecular weight is 281 g/mol. The lowest BCUT2D eigenvalue weighted by Crippen LogP contribution is -2.45. The van der Waals surface area contributed by atoms with Gasteiger partial charge in [0.1, 0.15) is 6.04 Å². The van der Waals surface area contributed by atoms with Gasteiger partial charge in [0.25, 0.3) is 0 Å². The molecule has 0 aliphatic heterocycles. The van der Waals surface area contributed by atoms with Crippen LogP contribution in [0.5, 0.6) is 0 Å². The first kappa shape index (κ1) is 14.9. The minimum Gasteiger partial charge on any atom is -0.480 e. The standard InChI is InChI=1S/C15H23NO4/c1-2-7-15(8-9-15)10-20-14(19)16-12(13(17)18)11-5-3-4-6-11/h2,11-12H,1,3-10H2,(H,16,19)(H,17,18). The molecule has 2 saturated carbocycles. The van der Waals surface area contributed by atoms with Crippen molar-refractivity contribution in [2.45, 2.75) is 51.0 Å². The van der Waals surface area contributed by atoms with Gasteiger partial charge in [-0.25, -0.2) is 9.59 Å². The Labute approximate surface area is 119 Å². The van der Waals surface area contributed by atoms with Crippen molar-refractivity contribution in [3.63, 3.8) is 0 Å². The van der Waals surface area contributed by atoms with E-state index in [1.807, 2.05) is 6.08 Å². The minimum absolute atomic E-state index is 0.0307. The van der Waals surface area contributed by atoms with Gasteiger partial charge in [0.2, 0.25) is 0 Å². The Morgan fingerprint density at radius 1 is 1.40 bits per heavy atom. The van der Waals surface area contributed by atoms with Crippen molar-refractivity contribution in [2.24, 2.45) is 11.3 Å². The minimum atomic E-state index is -0.971. The topological polar surface area (TPSA) is 75.6 Å². The molecule has 5 nitrogen and oxygen atoms in total. The Kier molecular flexibility index (Phi) is 4.68. The highest BCUT2D eigenvalue weighted by molar-refractivity contribution is 5.80. The predicted molar refractivity (Wildman–Crippen MR) is 74.3 cm³/mol. The number of alkyl carbamates (subject to hydrolysis) is 1. The molecule has 2 aliphatic rings. The van der Waals surface area contributed by atoms with Gasteiger partial charge >= 0.3 is 12.1 Å². The average Bonchev–Trinajstić information content (AvgIpc) is 2.97. The molecule has 0 saturated heterocycles. The lowest BCUT2D eigenvalue weighted by Gasteiger charge is -2.21. The Morgan fingerprint density at radius 3 is 2.55 bits per heavy atom. The van der Waals surface area contributed by atoms with Crippen LogP contribution >= 0.6 is 0 Å². The predicted octanol–water partition coefficient (Wildman–Crippen LogP) is 2.71. The summed E-state index contributed by atoms with van der Waals surface area (Å²) in [5, 5.41) is 11.7. The van der Waals surface area contributed by atoms with Gasteiger partial charge in [-0.05, 0) is 38.0 Å². The van der Waals surface area contributed by atoms with Crippen LogP contribution in [0.2, 0.25) is 0 Å². The lowest BCUT2D eigenvalue weighted by molar-refractivity contribution is -0.140. The van der Waals surface area contributed by atoms with Crippen LogP contribution in [0.4, 0.5) is 4.79 Å². The molecule has 2 aliphatic carbocycles. The molecule has 0 bridgehead atoms. The van der Waals surface area contributed by atoms with Crippen LogP contribution in [0.1, 0.15) is 44.9 Å². The fraction of sp³-hybridized carbons (Fsp3) is 0.733. The molecule has 2 fully saturated rings. The smallest absolute Gasteiger partial charge is 0.407 e. The van der Waals surface area contributed by atoms with Gasteiger partial charge in [-0.1, -0.05) is 18.9 Å². The SMILES string of the molecule is C=CCC1(COC(=O)NC(C(=O)O)C2CCCC2)CC1. The van der Waals surface area contributed by atoms with Crippen LogP contribution in [0.3, 0.4) is 0 Å². The second-order valence-electron chi connectivity index (χ2n) is 6.07. The summed E-state index contributed by atoms with van der Waals surface area (Å²) >= 11 is 0. The van der Waals surface area contributed by atoms with E-state index < -0.39 is 18.1 Å². The molecule has 1 unspecified atom stereocenters. The molecule has 0 spiro atoms. The van der Waals surface area contributed by atoms with Gasteiger partial charge < -0.3 is 15.2 Å². The van der Waals surface area contributed by atoms with Gasteiger partial charge in [0.15, 0.2) is 0 Å². The number of nitrogens with one attached hydrogen (secondary N) is 1. The van der Waals surface area contributed by atoms with Gasteiger partial charge in [-0.2, -0.15) is 0 Å². The van der Waals surface area contributed by atoms with Gasteiger partial charge in [0, 0.05) is 5.41 Å². The molecule has 2 N–H and O–H groups in total. The van der Waals surface area contributed by atoms with E-state index in [9.17, 15) is 14.7 Å². The Bertz CT molecular complexity index is 383. The third-order valence-electron chi connectivity index (χ3n) is 4.45. The number of amides is 1. The van der Waals surface area contributed by atoms with Crippen LogP contribution < -0.4 is 5.32 Å². The quantitative estimate of drug-likeness (QED) is 0.703. The molecule has 0 heterocycles. The maximum atomic E-state index is 11.8. The van der Waals surface area contributed by atoms with Crippen molar-refractivity contribution in [2.75, 3.05) is 6.61 Å². The zero-order chi connectivity index (χ0) is 14.6. The second-order valence-corrected chi connectivity index (χ2v) is 6.07. The van der Waals surface area contributed by atoms with Crippen LogP contribution in [0.15, 0.2) is 12.7 Å². The molecule has 0 aromatic carbocycles. The maximum absolute atomic E-state index is 11.8. The molecule has 2 rings (SSSR count). The molecule has 20 heavy (non-hydrogen) atoms. The summed E-state index contributed by atoms with van der Waals surface area (Å²) in [6.45, 7) is 4.05. The largest absolute Gasteiger partial charge is 0.480 e. The number of hydrogen-bond acceptors (Lipinski definition) is 3. The summed E-state index contributed by atoms with van der Waals surface area (Å²) in [6.07, 6.45) is 7.93. The summed E-state index contributed by atoms with van der Waals surface area (Å²) in [5.74, 6) is -0.941. The number of allylic oxidation sites excluding steroid dienone is 1. The number of carboxylic acid groups (broad SMARTS) is 1. The number of aliphatic carboxylic acids is 1. The summed E-state index contributed by atoms with van der Waals surface area (Å²) in [6, 6.07) is -0.820. The third kappa shape index (κ3) is 3.74. The van der Waals surface area contributed by atoms with E-state index >= 15 is 0 Å². The van der Waals surface area contributed by atoms with Crippen molar-refractivity contribution in [3.8, 4) is 0 Å². The highest BCUT2D eigenvalue weighted by atomic mass is 16.5. The number of rotatable bonds is 7. The zero-order valence-electron chi connectivity index (χ0n) is 11.8. The number of ether oxygens (including phenoxy) is 1. The van der Waals surface area contributed by atoms with E-state index in [2.05, 4.69) is 11.9 Å². The molecule has 1 atom stereocenters. The first-order valence-electron chi connectivity index (χ1n) is 7.33. The Hall–Kier alpha value is -1.52. The number of carbonyl (C=O) groups is 2. The number of hydrogen-bond donors (Lipinski definition) is 2. The highest BCUT2D eigenvalue weighted by Crippen LogP contribution is 2.49. The van der Waals surface area contributed by atoms with Crippen molar-refractivity contribution < 1.29 is 19.4 Å². The van der Waals surface area contributed by atoms with Gasteiger partial charge in [-0.15, -0.1) is 6.58 Å². The van der Waals surface area contributed by atoms with E-state index in [0.717, 1.165) is 44.9 Å². The Morgan fingerprint density at radius 2 is 2.05 bits per heavy atom. The van der Waals surface area contributed by atoms with Crippen molar-refractivity contribution in [1.29, 1.82) is 0 Å². The van der Waals surface area contributed by atoms with Gasteiger partial charge in [0.05, 0.1) is 6.61 Å². The zero-order valence-corrected chi connectivity index (χ0v) is 11.8. The highest BCUT2D eigenvalue weighted by Gasteiger charge is 2.43. The monoisotopic (exact) mass is 281 g/mol. The van der Waals surface area contributed by atoms with Crippen molar-refractivity contribution >= 4 is 12.1 Å². The normalized spacial score (nSPS) is 22.0. The number of carbonyl (C=O) groups excluding carboxylic acids is 1. The molecule has 0 aromatic heterocycles. The van der Waals surface area contributed by atoms with E-state index in [1.165, 1.54) is 0 Å². The molecular weight excluding hydrogens is 258 g/mol. The van der Waals surface area contributed by atoms with Crippen LogP contribution in [-0.2, 0) is 9.53 Å². The van der Waals surface area contributed by atoms with Crippen LogP contribution in [0.25, 0.3) is 0 Å². The molecule has 112 valence electrons. The van der Waals surface area contributed by atoms with E-state index in [0.29, 0.717) is 6.61 Å². The van der Waals surface area contributed by atoms with E-state index in [4.69, 9.17) is 4.74 Å². The van der Waals surface area contributed by atoms with E-state index in [-0.39, 0.29) is 11.3 Å². The maximum Gasteiger partial charge on any atom is 0.407 e. The first-order chi connectivity index (χ1) is 9.56. The fourth-order valence-corrected chi connectivity index (χ4v) is 2.95. The summed E-state index contributed by atoms with van der Waals surface area (Å²) < 4.78 is 5.20. The number of carboxylic acids is 1. The van der Waals surface area contributed by atoms with Crippen molar-refractivity contribution in [3.05, 3.63) is 12.7 Å². The van der Waals surface area contributed by atoms with Crippen LogP contribution in [0, 0.1) is 11.3 Å². The van der Waals surface area contributed by atoms with Gasteiger partial charge in [-0.3, -0.25) is 0 Å². The van der Waals surface area contributed by atoms with Crippen LogP contribution in [-0.4, -0.2) is 29.8 Å². The summed E-state index contributed by atoms with van der Waals surface area (Å²) in [4.78, 5) is 23.0.